The number of hydrogen-bond donors (Lipinski definition) is 2. The van der Waals surface area contributed by atoms with Crippen LogP contribution in [0.1, 0.15) is 18.4 Å². The van der Waals surface area contributed by atoms with Crippen molar-refractivity contribution in [3.05, 3.63) is 29.8 Å². The second-order valence-electron chi connectivity index (χ2n) is 6.33. The molecule has 1 aliphatic heterocycles. The summed E-state index contributed by atoms with van der Waals surface area (Å²) >= 11 is 0. The van der Waals surface area contributed by atoms with Crippen molar-refractivity contribution in [1.82, 2.24) is 5.32 Å². The number of amides is 1. The Morgan fingerprint density at radius 3 is 2.68 bits per heavy atom. The van der Waals surface area contributed by atoms with Crippen LogP contribution in [0.15, 0.2) is 24.3 Å². The van der Waals surface area contributed by atoms with Crippen molar-refractivity contribution in [3.63, 3.8) is 0 Å². The fraction of sp³-hybridized carbons (Fsp3) is 0.529. The smallest absolute Gasteiger partial charge is 0.308 e. The molecule has 2 rings (SSSR count). The summed E-state index contributed by atoms with van der Waals surface area (Å²) in [6.45, 7) is -0.00825. The molecule has 138 valence electrons. The van der Waals surface area contributed by atoms with E-state index in [1.807, 2.05) is 0 Å². The molecular weight excluding hydrogens is 346 g/mol. The van der Waals surface area contributed by atoms with Gasteiger partial charge in [0.15, 0.2) is 9.84 Å². The largest absolute Gasteiger partial charge is 0.496 e. The second-order valence-corrected chi connectivity index (χ2v) is 8.56. The third-order valence-electron chi connectivity index (χ3n) is 4.35. The van der Waals surface area contributed by atoms with Gasteiger partial charge in [0.1, 0.15) is 5.75 Å². The fourth-order valence-corrected chi connectivity index (χ4v) is 4.85. The highest BCUT2D eigenvalue weighted by atomic mass is 32.2. The van der Waals surface area contributed by atoms with Gasteiger partial charge >= 0.3 is 5.97 Å². The number of hydrogen-bond acceptors (Lipinski definition) is 5. The van der Waals surface area contributed by atoms with Crippen LogP contribution < -0.4 is 10.1 Å². The summed E-state index contributed by atoms with van der Waals surface area (Å²) < 4.78 is 28.1. The van der Waals surface area contributed by atoms with Crippen LogP contribution in [0.3, 0.4) is 0 Å². The Bertz CT molecular complexity index is 730. The molecule has 1 saturated heterocycles. The normalized spacial score (nSPS) is 20.0. The summed E-state index contributed by atoms with van der Waals surface area (Å²) in [5.41, 5.74) is 0.758. The van der Waals surface area contributed by atoms with Gasteiger partial charge in [-0.05, 0) is 30.4 Å². The summed E-state index contributed by atoms with van der Waals surface area (Å²) in [4.78, 5) is 23.5. The molecule has 1 aromatic carbocycles. The van der Waals surface area contributed by atoms with Crippen LogP contribution in [0.4, 0.5) is 0 Å². The molecule has 2 atom stereocenters. The summed E-state index contributed by atoms with van der Waals surface area (Å²) in [7, 11) is -1.50. The van der Waals surface area contributed by atoms with E-state index in [2.05, 4.69) is 5.32 Å². The number of carboxylic acid groups (broad SMARTS) is 1. The predicted octanol–water partition coefficient (Wildman–Crippen LogP) is 0.880. The second kappa shape index (κ2) is 8.33. The molecular formula is C17H23NO6S. The number of carbonyl (C=O) groups excluding carboxylic acids is 1. The van der Waals surface area contributed by atoms with Crippen molar-refractivity contribution in [2.24, 2.45) is 11.8 Å². The van der Waals surface area contributed by atoms with Gasteiger partial charge < -0.3 is 15.2 Å². The van der Waals surface area contributed by atoms with E-state index in [9.17, 15) is 23.1 Å². The monoisotopic (exact) mass is 369 g/mol. The summed E-state index contributed by atoms with van der Waals surface area (Å²) in [6, 6.07) is 7.15. The molecule has 7 nitrogen and oxygen atoms in total. The van der Waals surface area contributed by atoms with Gasteiger partial charge in [0, 0.05) is 13.0 Å². The average Bonchev–Trinajstić information content (AvgIpc) is 2.90. The maximum absolute atomic E-state index is 12.0. The lowest BCUT2D eigenvalue weighted by molar-refractivity contribution is -0.141. The first kappa shape index (κ1) is 19.2. The molecule has 0 spiro atoms. The Hall–Kier alpha value is -2.09. The lowest BCUT2D eigenvalue weighted by Gasteiger charge is -2.16. The third kappa shape index (κ3) is 5.74. The molecule has 0 bridgehead atoms. The molecule has 0 aliphatic carbocycles. The Morgan fingerprint density at radius 1 is 1.36 bits per heavy atom. The Kier molecular flexibility index (Phi) is 6.41. The van der Waals surface area contributed by atoms with E-state index in [1.54, 1.807) is 24.3 Å². The first-order valence-corrected chi connectivity index (χ1v) is 9.94. The van der Waals surface area contributed by atoms with Gasteiger partial charge in [-0.1, -0.05) is 18.2 Å². The van der Waals surface area contributed by atoms with Crippen molar-refractivity contribution in [3.8, 4) is 5.75 Å². The van der Waals surface area contributed by atoms with Crippen LogP contribution in [0.5, 0.6) is 5.75 Å². The summed E-state index contributed by atoms with van der Waals surface area (Å²) in [5, 5.41) is 12.0. The van der Waals surface area contributed by atoms with Crippen molar-refractivity contribution in [2.45, 2.75) is 19.3 Å². The highest BCUT2D eigenvalue weighted by molar-refractivity contribution is 7.91. The first-order valence-electron chi connectivity index (χ1n) is 8.12. The maximum Gasteiger partial charge on any atom is 0.308 e. The van der Waals surface area contributed by atoms with Gasteiger partial charge in [-0.25, -0.2) is 8.42 Å². The minimum Gasteiger partial charge on any atom is -0.496 e. The fourth-order valence-electron chi connectivity index (χ4n) is 2.99. The lowest BCUT2D eigenvalue weighted by Crippen LogP contribution is -2.35. The number of carboxylic acids is 1. The van der Waals surface area contributed by atoms with Gasteiger partial charge in [-0.15, -0.1) is 0 Å². The Morgan fingerprint density at radius 2 is 2.08 bits per heavy atom. The van der Waals surface area contributed by atoms with Crippen molar-refractivity contribution in [1.29, 1.82) is 0 Å². The van der Waals surface area contributed by atoms with Gasteiger partial charge in [-0.2, -0.15) is 0 Å². The van der Waals surface area contributed by atoms with Gasteiger partial charge in [0.2, 0.25) is 5.91 Å². The van der Waals surface area contributed by atoms with Crippen molar-refractivity contribution in [2.75, 3.05) is 25.2 Å². The molecule has 1 heterocycles. The summed E-state index contributed by atoms with van der Waals surface area (Å²) in [5.74, 6) is -1.52. The van der Waals surface area contributed by atoms with Crippen LogP contribution in [-0.4, -0.2) is 50.6 Å². The van der Waals surface area contributed by atoms with Gasteiger partial charge in [-0.3, -0.25) is 9.59 Å². The van der Waals surface area contributed by atoms with Crippen molar-refractivity contribution < 1.29 is 27.9 Å². The zero-order chi connectivity index (χ0) is 18.4. The zero-order valence-electron chi connectivity index (χ0n) is 14.1. The lowest BCUT2D eigenvalue weighted by atomic mass is 9.98. The summed E-state index contributed by atoms with van der Waals surface area (Å²) in [6.07, 6.45) is 0.830. The minimum absolute atomic E-state index is 0.00825. The molecule has 2 N–H and O–H groups in total. The van der Waals surface area contributed by atoms with Crippen LogP contribution in [-0.2, 0) is 25.8 Å². The van der Waals surface area contributed by atoms with E-state index in [4.69, 9.17) is 4.74 Å². The highest BCUT2D eigenvalue weighted by Crippen LogP contribution is 2.22. The molecule has 0 saturated carbocycles. The molecule has 1 aliphatic rings. The maximum atomic E-state index is 12.0. The molecule has 1 amide bonds. The van der Waals surface area contributed by atoms with Gasteiger partial charge in [0.25, 0.3) is 0 Å². The SMILES string of the molecule is COc1ccccc1CC(CNC(=O)CC1CCS(=O)(=O)C1)C(=O)O. The van der Waals surface area contributed by atoms with E-state index in [0.717, 1.165) is 5.56 Å². The number of rotatable bonds is 8. The Balaban J connectivity index is 1.89. The zero-order valence-corrected chi connectivity index (χ0v) is 14.9. The van der Waals surface area contributed by atoms with E-state index in [0.29, 0.717) is 12.2 Å². The average molecular weight is 369 g/mol. The molecule has 1 aromatic rings. The molecule has 0 radical (unpaired) electrons. The number of nitrogens with one attached hydrogen (secondary N) is 1. The van der Waals surface area contributed by atoms with E-state index < -0.39 is 21.7 Å². The molecule has 2 unspecified atom stereocenters. The van der Waals surface area contributed by atoms with E-state index in [-0.39, 0.29) is 42.7 Å². The number of sulfone groups is 1. The highest BCUT2D eigenvalue weighted by Gasteiger charge is 2.29. The number of aliphatic carboxylic acids is 1. The van der Waals surface area contributed by atoms with Crippen LogP contribution in [0, 0.1) is 11.8 Å². The topological polar surface area (TPSA) is 110 Å². The molecule has 1 fully saturated rings. The number of ether oxygens (including phenoxy) is 1. The van der Waals surface area contributed by atoms with E-state index in [1.165, 1.54) is 7.11 Å². The molecule has 25 heavy (non-hydrogen) atoms. The molecule has 8 heteroatoms. The quantitative estimate of drug-likeness (QED) is 0.704. The van der Waals surface area contributed by atoms with Crippen molar-refractivity contribution >= 4 is 21.7 Å². The number of carbonyl (C=O) groups is 2. The van der Waals surface area contributed by atoms with Crippen LogP contribution in [0.25, 0.3) is 0 Å². The first-order chi connectivity index (χ1) is 11.8. The van der Waals surface area contributed by atoms with Crippen LogP contribution in [0.2, 0.25) is 0 Å². The predicted molar refractivity (Wildman–Crippen MR) is 92.2 cm³/mol. The van der Waals surface area contributed by atoms with Crippen LogP contribution >= 0.6 is 0 Å². The van der Waals surface area contributed by atoms with E-state index >= 15 is 0 Å². The Labute approximate surface area is 147 Å². The number of benzene rings is 1. The third-order valence-corrected chi connectivity index (χ3v) is 6.19. The number of methoxy groups -OCH3 is 1. The molecule has 0 aromatic heterocycles. The minimum atomic E-state index is -3.02. The standard InChI is InChI=1S/C17H23NO6S/c1-24-15-5-3-2-4-13(15)9-14(17(20)21)10-18-16(19)8-12-6-7-25(22,23)11-12/h2-5,12,14H,6-11H2,1H3,(H,18,19)(H,20,21). The van der Waals surface area contributed by atoms with Gasteiger partial charge in [0.05, 0.1) is 24.5 Å². The number of para-hydroxylation sites is 1.